The Morgan fingerprint density at radius 1 is 1.45 bits per heavy atom. The van der Waals surface area contributed by atoms with Gasteiger partial charge in [-0.3, -0.25) is 4.79 Å². The molecule has 6 nitrogen and oxygen atoms in total. The highest BCUT2D eigenvalue weighted by Gasteiger charge is 2.09. The predicted molar refractivity (Wildman–Crippen MR) is 75.7 cm³/mol. The van der Waals surface area contributed by atoms with Gasteiger partial charge in [0, 0.05) is 24.2 Å². The van der Waals surface area contributed by atoms with Crippen LogP contribution in [0.1, 0.15) is 26.2 Å². The van der Waals surface area contributed by atoms with Crippen molar-refractivity contribution in [1.29, 1.82) is 0 Å². The first-order chi connectivity index (χ1) is 9.51. The monoisotopic (exact) mass is 280 g/mol. The zero-order valence-electron chi connectivity index (χ0n) is 11.5. The molecule has 1 atom stereocenters. The van der Waals surface area contributed by atoms with Crippen LogP contribution in [0.3, 0.4) is 0 Å². The van der Waals surface area contributed by atoms with E-state index < -0.39 is 12.6 Å². The summed E-state index contributed by atoms with van der Waals surface area (Å²) < 4.78 is 5.03. The Kier molecular flexibility index (Phi) is 6.52. The van der Waals surface area contributed by atoms with Crippen molar-refractivity contribution in [3.63, 3.8) is 0 Å². The Hall–Kier alpha value is -2.08. The van der Waals surface area contributed by atoms with Gasteiger partial charge >= 0.3 is 5.97 Å². The Labute approximate surface area is 117 Å². The molecule has 0 fully saturated rings. The summed E-state index contributed by atoms with van der Waals surface area (Å²) in [6.45, 7) is 1.60. The number of nitrogens with two attached hydrogens (primary N) is 1. The van der Waals surface area contributed by atoms with Gasteiger partial charge in [0.15, 0.2) is 6.61 Å². The number of carbonyl (C=O) groups is 2. The van der Waals surface area contributed by atoms with Gasteiger partial charge in [0.05, 0.1) is 0 Å². The minimum absolute atomic E-state index is 0.147. The molecule has 110 valence electrons. The molecule has 1 rings (SSSR count). The highest BCUT2D eigenvalue weighted by Crippen LogP contribution is 2.17. The molecule has 0 spiro atoms. The number of carboxylic acids is 1. The van der Waals surface area contributed by atoms with Crippen molar-refractivity contribution in [2.45, 2.75) is 32.2 Å². The first-order valence-electron chi connectivity index (χ1n) is 6.51. The molecule has 0 heterocycles. The van der Waals surface area contributed by atoms with Crippen LogP contribution in [0.15, 0.2) is 24.3 Å². The van der Waals surface area contributed by atoms with Crippen molar-refractivity contribution < 1.29 is 19.4 Å². The molecule has 20 heavy (non-hydrogen) atoms. The van der Waals surface area contributed by atoms with E-state index in [0.29, 0.717) is 11.4 Å². The lowest BCUT2D eigenvalue weighted by atomic mass is 10.1. The van der Waals surface area contributed by atoms with Gasteiger partial charge < -0.3 is 20.9 Å². The van der Waals surface area contributed by atoms with Crippen LogP contribution >= 0.6 is 0 Å². The molecule has 0 radical (unpaired) electrons. The third kappa shape index (κ3) is 6.19. The topological polar surface area (TPSA) is 102 Å². The first kappa shape index (κ1) is 16.0. The van der Waals surface area contributed by atoms with Gasteiger partial charge in [0.2, 0.25) is 5.91 Å². The zero-order valence-corrected chi connectivity index (χ0v) is 11.5. The number of rotatable bonds is 8. The van der Waals surface area contributed by atoms with E-state index in [-0.39, 0.29) is 18.4 Å². The summed E-state index contributed by atoms with van der Waals surface area (Å²) in [6.07, 6.45) is 2.00. The van der Waals surface area contributed by atoms with E-state index in [0.717, 1.165) is 12.8 Å². The number of hydrogen-bond acceptors (Lipinski definition) is 4. The molecule has 0 bridgehead atoms. The van der Waals surface area contributed by atoms with Gasteiger partial charge in [-0.25, -0.2) is 4.79 Å². The highest BCUT2D eigenvalue weighted by molar-refractivity contribution is 5.91. The highest BCUT2D eigenvalue weighted by atomic mass is 16.5. The summed E-state index contributed by atoms with van der Waals surface area (Å²) in [5, 5.41) is 11.2. The molecule has 0 saturated heterocycles. The van der Waals surface area contributed by atoms with Gasteiger partial charge in [0.1, 0.15) is 5.75 Å². The molecule has 4 N–H and O–H groups in total. The molecular formula is C14H20N2O4. The van der Waals surface area contributed by atoms with Crippen LogP contribution in [-0.2, 0) is 9.59 Å². The van der Waals surface area contributed by atoms with Gasteiger partial charge in [-0.2, -0.15) is 0 Å². The Morgan fingerprint density at radius 2 is 2.20 bits per heavy atom. The fourth-order valence-corrected chi connectivity index (χ4v) is 1.73. The summed E-state index contributed by atoms with van der Waals surface area (Å²) in [5.41, 5.74) is 6.36. The van der Waals surface area contributed by atoms with Crippen LogP contribution in [0, 0.1) is 0 Å². The largest absolute Gasteiger partial charge is 0.482 e. The molecule has 1 amide bonds. The second-order valence-electron chi connectivity index (χ2n) is 4.51. The minimum atomic E-state index is -1.05. The van der Waals surface area contributed by atoms with Crippen LogP contribution in [0.5, 0.6) is 5.75 Å². The molecule has 0 aliphatic heterocycles. The van der Waals surface area contributed by atoms with E-state index >= 15 is 0 Å². The maximum absolute atomic E-state index is 11.7. The fraction of sp³-hybridized carbons (Fsp3) is 0.429. The first-order valence-corrected chi connectivity index (χ1v) is 6.51. The standard InChI is InChI=1S/C14H20N2O4/c1-2-4-10(15)7-13(17)16-11-5-3-6-12(8-11)20-9-14(18)19/h3,5-6,8,10H,2,4,7,9,15H2,1H3,(H,16,17)(H,18,19). The normalized spacial score (nSPS) is 11.7. The number of ether oxygens (including phenoxy) is 1. The van der Waals surface area contributed by atoms with E-state index in [1.807, 2.05) is 6.92 Å². The van der Waals surface area contributed by atoms with Crippen LogP contribution in [0.2, 0.25) is 0 Å². The van der Waals surface area contributed by atoms with Crippen molar-refractivity contribution in [2.75, 3.05) is 11.9 Å². The maximum Gasteiger partial charge on any atom is 0.341 e. The predicted octanol–water partition coefficient (Wildman–Crippen LogP) is 1.61. The molecular weight excluding hydrogens is 260 g/mol. The number of aliphatic carboxylic acids is 1. The number of carbonyl (C=O) groups excluding carboxylic acids is 1. The van der Waals surface area contributed by atoms with Crippen LogP contribution in [0.4, 0.5) is 5.69 Å². The number of nitrogens with one attached hydrogen (secondary N) is 1. The van der Waals surface area contributed by atoms with E-state index in [1.165, 1.54) is 0 Å². The average Bonchev–Trinajstić information content (AvgIpc) is 2.36. The summed E-state index contributed by atoms with van der Waals surface area (Å²) in [4.78, 5) is 22.2. The Bertz CT molecular complexity index is 462. The third-order valence-corrected chi connectivity index (χ3v) is 2.59. The van der Waals surface area contributed by atoms with Crippen LogP contribution in [0.25, 0.3) is 0 Å². The molecule has 1 aromatic rings. The van der Waals surface area contributed by atoms with Crippen molar-refractivity contribution >= 4 is 17.6 Å². The van der Waals surface area contributed by atoms with E-state index in [9.17, 15) is 9.59 Å². The Morgan fingerprint density at radius 3 is 2.85 bits per heavy atom. The summed E-state index contributed by atoms with van der Waals surface area (Å²) in [6, 6.07) is 6.44. The van der Waals surface area contributed by atoms with Gasteiger partial charge in [-0.15, -0.1) is 0 Å². The quantitative estimate of drug-likeness (QED) is 0.671. The average molecular weight is 280 g/mol. The fourth-order valence-electron chi connectivity index (χ4n) is 1.73. The molecule has 1 unspecified atom stereocenters. The molecule has 1 aromatic carbocycles. The molecule has 6 heteroatoms. The molecule has 0 aromatic heterocycles. The lowest BCUT2D eigenvalue weighted by molar-refractivity contribution is -0.139. The van der Waals surface area contributed by atoms with E-state index in [2.05, 4.69) is 5.32 Å². The molecule has 0 aliphatic rings. The summed E-state index contributed by atoms with van der Waals surface area (Å²) in [5.74, 6) is -0.825. The number of anilines is 1. The number of carboxylic acid groups (broad SMARTS) is 1. The van der Waals surface area contributed by atoms with E-state index in [1.54, 1.807) is 24.3 Å². The van der Waals surface area contributed by atoms with Gasteiger partial charge in [-0.05, 0) is 18.6 Å². The SMILES string of the molecule is CCCC(N)CC(=O)Nc1cccc(OCC(=O)O)c1. The van der Waals surface area contributed by atoms with Crippen LogP contribution in [-0.4, -0.2) is 29.6 Å². The lowest BCUT2D eigenvalue weighted by Crippen LogP contribution is -2.26. The molecule has 0 aliphatic carbocycles. The number of benzene rings is 1. The second-order valence-corrected chi connectivity index (χ2v) is 4.51. The smallest absolute Gasteiger partial charge is 0.341 e. The minimum Gasteiger partial charge on any atom is -0.482 e. The summed E-state index contributed by atoms with van der Waals surface area (Å²) in [7, 11) is 0. The van der Waals surface area contributed by atoms with Gasteiger partial charge in [0.25, 0.3) is 0 Å². The summed E-state index contributed by atoms with van der Waals surface area (Å²) >= 11 is 0. The van der Waals surface area contributed by atoms with Crippen molar-refractivity contribution in [1.82, 2.24) is 0 Å². The second kappa shape index (κ2) is 8.16. The van der Waals surface area contributed by atoms with Gasteiger partial charge in [-0.1, -0.05) is 19.4 Å². The third-order valence-electron chi connectivity index (χ3n) is 2.59. The maximum atomic E-state index is 11.7. The zero-order chi connectivity index (χ0) is 15.0. The number of amides is 1. The van der Waals surface area contributed by atoms with E-state index in [4.69, 9.17) is 15.6 Å². The van der Waals surface area contributed by atoms with Crippen molar-refractivity contribution in [3.8, 4) is 5.75 Å². The van der Waals surface area contributed by atoms with Crippen molar-refractivity contribution in [2.24, 2.45) is 5.73 Å². The number of hydrogen-bond donors (Lipinski definition) is 3. The van der Waals surface area contributed by atoms with Crippen molar-refractivity contribution in [3.05, 3.63) is 24.3 Å². The lowest BCUT2D eigenvalue weighted by Gasteiger charge is -2.11. The van der Waals surface area contributed by atoms with Crippen LogP contribution < -0.4 is 15.8 Å². The Balaban J connectivity index is 2.52. The molecule has 0 saturated carbocycles.